The molecule has 0 N–H and O–H groups in total. The summed E-state index contributed by atoms with van der Waals surface area (Å²) in [5.74, 6) is 1.45. The number of nitrogens with zero attached hydrogens (tertiary/aromatic N) is 3. The van der Waals surface area contributed by atoms with Crippen molar-refractivity contribution in [1.29, 1.82) is 0 Å². The Kier molecular flexibility index (Phi) is 5.32. The van der Waals surface area contributed by atoms with Crippen LogP contribution in [-0.2, 0) is 16.1 Å². The molecule has 25 heavy (non-hydrogen) atoms. The van der Waals surface area contributed by atoms with E-state index in [1.807, 2.05) is 12.4 Å². The minimum absolute atomic E-state index is 0.141. The highest BCUT2D eigenvalue weighted by atomic mass is 16.5. The van der Waals surface area contributed by atoms with Crippen molar-refractivity contribution >= 4 is 5.91 Å². The smallest absolute Gasteiger partial charge is 0.225 e. The van der Waals surface area contributed by atoms with Crippen LogP contribution in [0.5, 0.6) is 0 Å². The first kappa shape index (κ1) is 17.0. The van der Waals surface area contributed by atoms with E-state index in [-0.39, 0.29) is 6.10 Å². The van der Waals surface area contributed by atoms with Crippen LogP contribution in [0.25, 0.3) is 0 Å². The molecule has 3 atom stereocenters. The summed E-state index contributed by atoms with van der Waals surface area (Å²) in [6.45, 7) is 5.87. The summed E-state index contributed by atoms with van der Waals surface area (Å²) < 4.78 is 6.08. The molecule has 3 aliphatic heterocycles. The first-order chi connectivity index (χ1) is 12.3. The van der Waals surface area contributed by atoms with E-state index in [1.165, 1.54) is 12.0 Å². The number of carbonyl (C=O) groups is 1. The Morgan fingerprint density at radius 3 is 2.76 bits per heavy atom. The van der Waals surface area contributed by atoms with Crippen LogP contribution in [0.15, 0.2) is 24.5 Å². The van der Waals surface area contributed by atoms with Crippen LogP contribution < -0.4 is 0 Å². The van der Waals surface area contributed by atoms with E-state index in [9.17, 15) is 4.79 Å². The van der Waals surface area contributed by atoms with Gasteiger partial charge in [-0.3, -0.25) is 14.7 Å². The second kappa shape index (κ2) is 7.83. The fourth-order valence-electron chi connectivity index (χ4n) is 4.71. The van der Waals surface area contributed by atoms with Gasteiger partial charge in [0.25, 0.3) is 0 Å². The second-order valence-electron chi connectivity index (χ2n) is 7.82. The Balaban J connectivity index is 1.29. The summed E-state index contributed by atoms with van der Waals surface area (Å²) in [6, 6.07) is 4.19. The lowest BCUT2D eigenvalue weighted by Gasteiger charge is -2.36. The standard InChI is InChI=1S/C20H29N3O2/c24-20(23-9-2-1-3-10-23)12-19-18-6-11-22(14-17(18)15-25-19)13-16-4-7-21-8-5-16/h4-5,7-8,17-19H,1-3,6,9-15H2/t17-,18-,19+/m1/s1. The van der Waals surface area contributed by atoms with Gasteiger partial charge in [0.2, 0.25) is 5.91 Å². The number of hydrogen-bond acceptors (Lipinski definition) is 4. The van der Waals surface area contributed by atoms with Crippen molar-refractivity contribution in [2.45, 2.75) is 44.8 Å². The van der Waals surface area contributed by atoms with Gasteiger partial charge in [-0.1, -0.05) is 0 Å². The van der Waals surface area contributed by atoms with E-state index in [0.29, 0.717) is 24.2 Å². The molecule has 0 saturated carbocycles. The topological polar surface area (TPSA) is 45.7 Å². The van der Waals surface area contributed by atoms with Gasteiger partial charge in [-0.15, -0.1) is 0 Å². The molecule has 1 amide bonds. The quantitative estimate of drug-likeness (QED) is 0.842. The van der Waals surface area contributed by atoms with Gasteiger partial charge < -0.3 is 9.64 Å². The summed E-state index contributed by atoms with van der Waals surface area (Å²) >= 11 is 0. The molecule has 4 heterocycles. The Bertz CT molecular complexity index is 574. The zero-order chi connectivity index (χ0) is 17.1. The van der Waals surface area contributed by atoms with Crippen molar-refractivity contribution in [2.75, 3.05) is 32.8 Å². The highest BCUT2D eigenvalue weighted by molar-refractivity contribution is 5.76. The molecule has 3 aliphatic rings. The number of aromatic nitrogens is 1. The predicted octanol–water partition coefficient (Wildman–Crippen LogP) is 2.32. The molecule has 5 nitrogen and oxygen atoms in total. The number of amides is 1. The Hall–Kier alpha value is -1.46. The van der Waals surface area contributed by atoms with Crippen LogP contribution in [-0.4, -0.2) is 59.6 Å². The molecular formula is C20H29N3O2. The maximum atomic E-state index is 12.6. The molecule has 4 rings (SSSR count). The predicted molar refractivity (Wildman–Crippen MR) is 95.9 cm³/mol. The average molecular weight is 343 g/mol. The Morgan fingerprint density at radius 1 is 1.16 bits per heavy atom. The lowest BCUT2D eigenvalue weighted by atomic mass is 9.83. The Labute approximate surface area is 150 Å². The van der Waals surface area contributed by atoms with Crippen molar-refractivity contribution in [3.8, 4) is 0 Å². The molecular weight excluding hydrogens is 314 g/mol. The van der Waals surface area contributed by atoms with E-state index >= 15 is 0 Å². The second-order valence-corrected chi connectivity index (χ2v) is 7.82. The minimum Gasteiger partial charge on any atom is -0.377 e. The largest absolute Gasteiger partial charge is 0.377 e. The highest BCUT2D eigenvalue weighted by Crippen LogP contribution is 2.36. The van der Waals surface area contributed by atoms with E-state index in [2.05, 4.69) is 26.9 Å². The first-order valence-electron chi connectivity index (χ1n) is 9.80. The van der Waals surface area contributed by atoms with Crippen LogP contribution in [0, 0.1) is 11.8 Å². The van der Waals surface area contributed by atoms with Crippen molar-refractivity contribution in [1.82, 2.24) is 14.8 Å². The lowest BCUT2D eigenvalue weighted by Crippen LogP contribution is -2.43. The van der Waals surface area contributed by atoms with E-state index < -0.39 is 0 Å². The molecule has 0 unspecified atom stereocenters. The van der Waals surface area contributed by atoms with Crippen molar-refractivity contribution in [3.05, 3.63) is 30.1 Å². The summed E-state index contributed by atoms with van der Waals surface area (Å²) in [4.78, 5) is 21.2. The first-order valence-corrected chi connectivity index (χ1v) is 9.80. The fraction of sp³-hybridized carbons (Fsp3) is 0.700. The summed E-state index contributed by atoms with van der Waals surface area (Å²) in [6.07, 6.45) is 9.19. The van der Waals surface area contributed by atoms with Crippen molar-refractivity contribution in [2.24, 2.45) is 11.8 Å². The average Bonchev–Trinajstić information content (AvgIpc) is 3.05. The summed E-state index contributed by atoms with van der Waals surface area (Å²) in [5.41, 5.74) is 1.32. The molecule has 3 fully saturated rings. The monoisotopic (exact) mass is 343 g/mol. The van der Waals surface area contributed by atoms with Crippen LogP contribution in [0.3, 0.4) is 0 Å². The highest BCUT2D eigenvalue weighted by Gasteiger charge is 2.41. The molecule has 0 spiro atoms. The van der Waals surface area contributed by atoms with Crippen LogP contribution in [0.4, 0.5) is 0 Å². The molecule has 1 aromatic rings. The van der Waals surface area contributed by atoms with Crippen LogP contribution in [0.1, 0.15) is 37.7 Å². The van der Waals surface area contributed by atoms with Gasteiger partial charge in [-0.05, 0) is 55.8 Å². The number of ether oxygens (including phenoxy) is 1. The van der Waals surface area contributed by atoms with Crippen LogP contribution in [0.2, 0.25) is 0 Å². The normalized spacial score (nSPS) is 30.2. The molecule has 3 saturated heterocycles. The summed E-state index contributed by atoms with van der Waals surface area (Å²) in [7, 11) is 0. The van der Waals surface area contributed by atoms with Gasteiger partial charge in [-0.2, -0.15) is 0 Å². The van der Waals surface area contributed by atoms with Gasteiger partial charge >= 0.3 is 0 Å². The summed E-state index contributed by atoms with van der Waals surface area (Å²) in [5, 5.41) is 0. The molecule has 0 aliphatic carbocycles. The fourth-order valence-corrected chi connectivity index (χ4v) is 4.71. The maximum absolute atomic E-state index is 12.6. The number of fused-ring (bicyclic) bond motifs is 1. The molecule has 0 aromatic carbocycles. The number of pyridine rings is 1. The third kappa shape index (κ3) is 4.04. The number of rotatable bonds is 4. The Morgan fingerprint density at radius 2 is 1.96 bits per heavy atom. The SMILES string of the molecule is O=C(C[C@@H]1OC[C@H]2CN(Cc3ccncc3)CC[C@H]21)N1CCCCC1. The third-order valence-electron chi connectivity index (χ3n) is 6.12. The number of piperidine rings is 2. The van der Waals surface area contributed by atoms with E-state index in [4.69, 9.17) is 4.74 Å². The number of likely N-dealkylation sites (tertiary alicyclic amines) is 2. The molecule has 1 aromatic heterocycles. The van der Waals surface area contributed by atoms with E-state index in [0.717, 1.165) is 58.6 Å². The van der Waals surface area contributed by atoms with Gasteiger partial charge in [0.1, 0.15) is 0 Å². The third-order valence-corrected chi connectivity index (χ3v) is 6.12. The number of carbonyl (C=O) groups excluding carboxylic acids is 1. The van der Waals surface area contributed by atoms with E-state index in [1.54, 1.807) is 0 Å². The molecule has 136 valence electrons. The van der Waals surface area contributed by atoms with Crippen molar-refractivity contribution < 1.29 is 9.53 Å². The van der Waals surface area contributed by atoms with Gasteiger partial charge in [0.15, 0.2) is 0 Å². The minimum atomic E-state index is 0.141. The van der Waals surface area contributed by atoms with Crippen LogP contribution >= 0.6 is 0 Å². The molecule has 0 bridgehead atoms. The zero-order valence-electron chi connectivity index (χ0n) is 15.0. The van der Waals surface area contributed by atoms with Gasteiger partial charge in [0, 0.05) is 44.5 Å². The van der Waals surface area contributed by atoms with Gasteiger partial charge in [-0.25, -0.2) is 0 Å². The molecule has 5 heteroatoms. The van der Waals surface area contributed by atoms with Gasteiger partial charge in [0.05, 0.1) is 19.1 Å². The van der Waals surface area contributed by atoms with Crippen molar-refractivity contribution in [3.63, 3.8) is 0 Å². The number of hydrogen-bond donors (Lipinski definition) is 0. The zero-order valence-corrected chi connectivity index (χ0v) is 15.0. The molecule has 0 radical (unpaired) electrons. The lowest BCUT2D eigenvalue weighted by molar-refractivity contribution is -0.134. The maximum Gasteiger partial charge on any atom is 0.225 e.